The van der Waals surface area contributed by atoms with Gasteiger partial charge in [0.15, 0.2) is 11.6 Å². The highest BCUT2D eigenvalue weighted by molar-refractivity contribution is 6.30. The van der Waals surface area contributed by atoms with Crippen molar-refractivity contribution >= 4 is 23.3 Å². The predicted molar refractivity (Wildman–Crippen MR) is 117 cm³/mol. The number of piperazine rings is 1. The van der Waals surface area contributed by atoms with Gasteiger partial charge in [0.1, 0.15) is 12.1 Å². The highest BCUT2D eigenvalue weighted by atomic mass is 35.5. The van der Waals surface area contributed by atoms with Crippen LogP contribution in [-0.4, -0.2) is 46.5 Å². The van der Waals surface area contributed by atoms with Crippen LogP contribution in [0.15, 0.2) is 60.9 Å². The van der Waals surface area contributed by atoms with Gasteiger partial charge in [-0.15, -0.1) is 0 Å². The summed E-state index contributed by atoms with van der Waals surface area (Å²) in [7, 11) is 0. The van der Waals surface area contributed by atoms with Crippen LogP contribution < -0.4 is 9.64 Å². The van der Waals surface area contributed by atoms with Crippen LogP contribution >= 0.6 is 11.6 Å². The van der Waals surface area contributed by atoms with Crippen molar-refractivity contribution in [1.29, 1.82) is 0 Å². The van der Waals surface area contributed by atoms with Crippen molar-refractivity contribution in [2.75, 3.05) is 24.5 Å². The van der Waals surface area contributed by atoms with Gasteiger partial charge in [-0.05, 0) is 30.7 Å². The molecule has 6 nitrogen and oxygen atoms in total. The summed E-state index contributed by atoms with van der Waals surface area (Å²) >= 11 is 5.78. The molecule has 3 aromatic rings. The molecule has 0 aliphatic carbocycles. The Morgan fingerprint density at radius 2 is 1.97 bits per heavy atom. The number of amides is 1. The third kappa shape index (κ3) is 5.11. The van der Waals surface area contributed by atoms with Crippen molar-refractivity contribution in [2.24, 2.45) is 0 Å². The molecule has 1 aromatic heterocycles. The van der Waals surface area contributed by atoms with Crippen molar-refractivity contribution in [3.8, 4) is 11.6 Å². The lowest BCUT2D eigenvalue weighted by molar-refractivity contribution is -0.132. The smallest absolute Gasteiger partial charge is 0.227 e. The predicted octanol–water partition coefficient (Wildman–Crippen LogP) is 4.34. The molecule has 4 rings (SSSR count). The van der Waals surface area contributed by atoms with E-state index in [0.29, 0.717) is 36.9 Å². The summed E-state index contributed by atoms with van der Waals surface area (Å²) in [4.78, 5) is 25.1. The minimum atomic E-state index is -0.563. The number of aromatic nitrogens is 2. The Hall–Kier alpha value is -3.19. The summed E-state index contributed by atoms with van der Waals surface area (Å²) in [6.45, 7) is 3.89. The second-order valence-corrected chi connectivity index (χ2v) is 7.87. The number of halogens is 2. The summed E-state index contributed by atoms with van der Waals surface area (Å²) in [6.07, 6.45) is 1.78. The molecule has 2 aromatic carbocycles. The lowest BCUT2D eigenvalue weighted by Crippen LogP contribution is -2.54. The Kier molecular flexibility index (Phi) is 6.32. The molecule has 0 saturated carbocycles. The summed E-state index contributed by atoms with van der Waals surface area (Å²) in [5.41, 5.74) is 1.01. The zero-order valence-corrected chi connectivity index (χ0v) is 17.8. The quantitative estimate of drug-likeness (QED) is 0.590. The van der Waals surface area contributed by atoms with Gasteiger partial charge in [-0.25, -0.2) is 14.4 Å². The molecule has 1 aliphatic rings. The first-order valence-corrected chi connectivity index (χ1v) is 10.4. The van der Waals surface area contributed by atoms with Crippen LogP contribution in [0.25, 0.3) is 0 Å². The third-order valence-electron chi connectivity index (χ3n) is 5.21. The zero-order chi connectivity index (χ0) is 21.8. The molecule has 1 saturated heterocycles. The van der Waals surface area contributed by atoms with Crippen LogP contribution in [0, 0.1) is 5.82 Å². The van der Waals surface area contributed by atoms with Gasteiger partial charge in [-0.3, -0.25) is 4.79 Å². The number of hydrogen-bond acceptors (Lipinski definition) is 5. The number of carbonyl (C=O) groups is 1. The van der Waals surface area contributed by atoms with E-state index in [1.165, 1.54) is 18.5 Å². The molecule has 1 aliphatic heterocycles. The van der Waals surface area contributed by atoms with Crippen molar-refractivity contribution in [3.05, 3.63) is 77.3 Å². The number of carbonyl (C=O) groups excluding carboxylic acids is 1. The Morgan fingerprint density at radius 3 is 2.71 bits per heavy atom. The normalized spacial score (nSPS) is 16.3. The van der Waals surface area contributed by atoms with Gasteiger partial charge in [0.25, 0.3) is 0 Å². The highest BCUT2D eigenvalue weighted by Gasteiger charge is 2.28. The van der Waals surface area contributed by atoms with Gasteiger partial charge in [0.2, 0.25) is 11.8 Å². The number of rotatable bonds is 5. The topological polar surface area (TPSA) is 58.6 Å². The Morgan fingerprint density at radius 1 is 1.16 bits per heavy atom. The molecule has 31 heavy (non-hydrogen) atoms. The van der Waals surface area contributed by atoms with E-state index in [1.807, 2.05) is 42.2 Å². The fourth-order valence-electron chi connectivity index (χ4n) is 3.64. The Bertz CT molecular complexity index is 1070. The molecule has 1 amide bonds. The molecule has 1 fully saturated rings. The molecule has 160 valence electrons. The molecular weight excluding hydrogens is 419 g/mol. The van der Waals surface area contributed by atoms with Crippen molar-refractivity contribution in [2.45, 2.75) is 19.4 Å². The van der Waals surface area contributed by atoms with Crippen LogP contribution in [0.5, 0.6) is 11.6 Å². The van der Waals surface area contributed by atoms with Gasteiger partial charge >= 0.3 is 0 Å². The van der Waals surface area contributed by atoms with Crippen molar-refractivity contribution in [1.82, 2.24) is 14.9 Å². The van der Waals surface area contributed by atoms with E-state index in [1.54, 1.807) is 12.1 Å². The molecule has 0 radical (unpaired) electrons. The van der Waals surface area contributed by atoms with E-state index in [4.69, 9.17) is 16.3 Å². The van der Waals surface area contributed by atoms with Crippen LogP contribution in [0.1, 0.15) is 12.5 Å². The molecule has 8 heteroatoms. The van der Waals surface area contributed by atoms with E-state index in [2.05, 4.69) is 14.9 Å². The van der Waals surface area contributed by atoms with Crippen molar-refractivity contribution in [3.63, 3.8) is 0 Å². The molecule has 0 spiro atoms. The van der Waals surface area contributed by atoms with E-state index in [-0.39, 0.29) is 23.6 Å². The van der Waals surface area contributed by atoms with Gasteiger partial charge < -0.3 is 14.5 Å². The van der Waals surface area contributed by atoms with Gasteiger partial charge in [0, 0.05) is 36.8 Å². The minimum absolute atomic E-state index is 0.0259. The molecular formula is C23H22ClFN4O2. The summed E-state index contributed by atoms with van der Waals surface area (Å²) < 4.78 is 19.6. The Labute approximate surface area is 185 Å². The number of benzene rings is 2. The van der Waals surface area contributed by atoms with Gasteiger partial charge in [0.05, 0.1) is 6.42 Å². The van der Waals surface area contributed by atoms with Crippen LogP contribution in [0.4, 0.5) is 10.2 Å². The largest absolute Gasteiger partial charge is 0.436 e. The second kappa shape index (κ2) is 9.31. The number of hydrogen-bond donors (Lipinski definition) is 0. The number of nitrogens with zero attached hydrogens (tertiary/aromatic N) is 4. The summed E-state index contributed by atoms with van der Waals surface area (Å²) in [5.74, 6) is 0.497. The first kappa shape index (κ1) is 21.1. The summed E-state index contributed by atoms with van der Waals surface area (Å²) in [6, 6.07) is 15.6. The fraction of sp³-hybridized carbons (Fsp3) is 0.261. The molecule has 2 heterocycles. The fourth-order valence-corrected chi connectivity index (χ4v) is 3.80. The minimum Gasteiger partial charge on any atom is -0.436 e. The first-order chi connectivity index (χ1) is 15.0. The van der Waals surface area contributed by atoms with Gasteiger partial charge in [-0.2, -0.15) is 0 Å². The standard InChI is InChI=1S/C23H22ClFN4O2/c1-16-14-28(9-10-29(16)23(30)11-17-5-3-2-4-6-17)21-13-22(27-15-26-21)31-20-8-7-18(24)12-19(20)25/h2-8,12-13,15-16H,9-11,14H2,1H3. The molecule has 1 unspecified atom stereocenters. The molecule has 0 bridgehead atoms. The molecule has 0 N–H and O–H groups in total. The maximum Gasteiger partial charge on any atom is 0.227 e. The van der Waals surface area contributed by atoms with E-state index in [0.717, 1.165) is 5.56 Å². The van der Waals surface area contributed by atoms with E-state index >= 15 is 0 Å². The van der Waals surface area contributed by atoms with Crippen molar-refractivity contribution < 1.29 is 13.9 Å². The average Bonchev–Trinajstić information content (AvgIpc) is 2.76. The Balaban J connectivity index is 1.41. The van der Waals surface area contributed by atoms with Crippen LogP contribution in [-0.2, 0) is 11.2 Å². The maximum atomic E-state index is 14.0. The maximum absolute atomic E-state index is 14.0. The van der Waals surface area contributed by atoms with Crippen LogP contribution in [0.2, 0.25) is 5.02 Å². The first-order valence-electron chi connectivity index (χ1n) is 10.0. The highest BCUT2D eigenvalue weighted by Crippen LogP contribution is 2.27. The lowest BCUT2D eigenvalue weighted by atomic mass is 10.1. The third-order valence-corrected chi connectivity index (χ3v) is 5.44. The monoisotopic (exact) mass is 440 g/mol. The average molecular weight is 441 g/mol. The lowest BCUT2D eigenvalue weighted by Gasteiger charge is -2.40. The molecule has 1 atom stereocenters. The van der Waals surface area contributed by atoms with Crippen LogP contribution in [0.3, 0.4) is 0 Å². The number of ether oxygens (including phenoxy) is 1. The number of anilines is 1. The van der Waals surface area contributed by atoms with E-state index < -0.39 is 5.82 Å². The van der Waals surface area contributed by atoms with E-state index in [9.17, 15) is 9.18 Å². The zero-order valence-electron chi connectivity index (χ0n) is 17.0. The van der Waals surface area contributed by atoms with Gasteiger partial charge in [-0.1, -0.05) is 41.9 Å². The second-order valence-electron chi connectivity index (χ2n) is 7.44. The summed E-state index contributed by atoms with van der Waals surface area (Å²) in [5, 5.41) is 0.293. The SMILES string of the molecule is CC1CN(c2cc(Oc3ccc(Cl)cc3F)ncn2)CCN1C(=O)Cc1ccccc1.